The molecule has 3 heteroatoms. The number of rotatable bonds is 1. The third kappa shape index (κ3) is 3.07. The van der Waals surface area contributed by atoms with Crippen molar-refractivity contribution in [1.29, 1.82) is 5.26 Å². The molecule has 0 aliphatic carbocycles. The van der Waals surface area contributed by atoms with Gasteiger partial charge in [0.2, 0.25) is 0 Å². The molecule has 0 aromatic heterocycles. The molecule has 1 aliphatic heterocycles. The van der Waals surface area contributed by atoms with E-state index in [1.807, 2.05) is 24.3 Å². The summed E-state index contributed by atoms with van der Waals surface area (Å²) < 4.78 is 2.33. The van der Waals surface area contributed by atoms with Gasteiger partial charge in [-0.1, -0.05) is 0 Å². The lowest BCUT2D eigenvalue weighted by Crippen LogP contribution is -3.00. The normalized spacial score (nSPS) is 14.2. The Morgan fingerprint density at radius 1 is 1.13 bits per heavy atom. The molecule has 2 rings (SSSR count). The molecule has 78 valence electrons. The van der Waals surface area contributed by atoms with E-state index in [0.717, 1.165) is 5.56 Å². The van der Waals surface area contributed by atoms with Gasteiger partial charge in [0.1, 0.15) is 13.1 Å². The zero-order chi connectivity index (χ0) is 9.80. The van der Waals surface area contributed by atoms with Crippen molar-refractivity contribution in [2.45, 2.75) is 12.8 Å². The molecule has 0 atom stereocenters. The van der Waals surface area contributed by atoms with E-state index < -0.39 is 0 Å². The molecule has 0 radical (unpaired) electrons. The van der Waals surface area contributed by atoms with Gasteiger partial charge in [-0.15, -0.1) is 0 Å². The minimum absolute atomic E-state index is 0. The van der Waals surface area contributed by atoms with Crippen LogP contribution < -0.4 is 12.4 Å². The van der Waals surface area contributed by atoms with E-state index in [1.165, 1.54) is 31.5 Å². The first-order chi connectivity index (χ1) is 6.88. The number of hydrogen-bond acceptors (Lipinski definition) is 1. The highest BCUT2D eigenvalue weighted by Gasteiger charge is 2.11. The van der Waals surface area contributed by atoms with E-state index in [2.05, 4.69) is 16.9 Å². The molecule has 1 fully saturated rings. The zero-order valence-corrected chi connectivity index (χ0v) is 9.24. The highest BCUT2D eigenvalue weighted by molar-refractivity contribution is 5.75. The third-order valence-corrected chi connectivity index (χ3v) is 2.51. The monoisotopic (exact) mass is 220 g/mol. The number of benzene rings is 1. The molecular formula is C12H13ClN2. The van der Waals surface area contributed by atoms with E-state index in [-0.39, 0.29) is 12.4 Å². The summed E-state index contributed by atoms with van der Waals surface area (Å²) in [6.45, 7) is 2.33. The number of nitrogens with zero attached hydrogens (tertiary/aromatic N) is 2. The Labute approximate surface area is 96.3 Å². The van der Waals surface area contributed by atoms with Crippen LogP contribution in [0.2, 0.25) is 0 Å². The van der Waals surface area contributed by atoms with Crippen LogP contribution in [-0.4, -0.2) is 23.9 Å². The summed E-state index contributed by atoms with van der Waals surface area (Å²) in [5.41, 5.74) is 1.91. The third-order valence-electron chi connectivity index (χ3n) is 2.51. The van der Waals surface area contributed by atoms with Crippen LogP contribution in [0.1, 0.15) is 24.0 Å². The molecule has 0 spiro atoms. The average Bonchev–Trinajstić information content (AvgIpc) is 2.72. The Balaban J connectivity index is 0.00000112. The molecule has 1 heterocycles. The topological polar surface area (TPSA) is 26.8 Å². The minimum atomic E-state index is 0. The van der Waals surface area contributed by atoms with Gasteiger partial charge in [0.15, 0.2) is 6.21 Å². The molecule has 2 nitrogen and oxygen atoms in total. The predicted molar refractivity (Wildman–Crippen MR) is 55.6 cm³/mol. The van der Waals surface area contributed by atoms with Gasteiger partial charge in [-0.25, -0.2) is 4.58 Å². The molecular weight excluding hydrogens is 208 g/mol. The van der Waals surface area contributed by atoms with Crippen LogP contribution >= 0.6 is 0 Å². The lowest BCUT2D eigenvalue weighted by atomic mass is 10.2. The largest absolute Gasteiger partial charge is 1.00 e. The smallest absolute Gasteiger partial charge is 0.170 e. The first-order valence-corrected chi connectivity index (χ1v) is 4.97. The van der Waals surface area contributed by atoms with Gasteiger partial charge >= 0.3 is 0 Å². The molecule has 0 amide bonds. The Bertz CT molecular complexity index is 379. The maximum atomic E-state index is 8.64. The van der Waals surface area contributed by atoms with E-state index in [1.54, 1.807) is 0 Å². The van der Waals surface area contributed by atoms with Crippen LogP contribution in [0.25, 0.3) is 0 Å². The second kappa shape index (κ2) is 5.53. The Morgan fingerprint density at radius 2 is 1.73 bits per heavy atom. The Morgan fingerprint density at radius 3 is 2.27 bits per heavy atom. The van der Waals surface area contributed by atoms with Crippen molar-refractivity contribution in [2.24, 2.45) is 0 Å². The predicted octanol–water partition coefficient (Wildman–Crippen LogP) is -1.21. The lowest BCUT2D eigenvalue weighted by Gasteiger charge is -1.93. The Hall–Kier alpha value is -1.33. The molecule has 1 saturated heterocycles. The SMILES string of the molecule is N#Cc1ccc(C=[N+]2CCCC2)cc1.[Cl-]. The standard InChI is InChI=1S/C12H13N2.ClH/c13-9-11-3-5-12(6-4-11)10-14-7-1-2-8-14;/h3-6,10H,1-2,7-8H2;1H/q+1;/p-1. The highest BCUT2D eigenvalue weighted by Crippen LogP contribution is 2.04. The van der Waals surface area contributed by atoms with E-state index >= 15 is 0 Å². The fraction of sp³-hybridized carbons (Fsp3) is 0.333. The van der Waals surface area contributed by atoms with Gasteiger partial charge in [0, 0.05) is 18.4 Å². The number of hydrogen-bond donors (Lipinski definition) is 0. The molecule has 1 aromatic rings. The molecule has 1 aliphatic rings. The zero-order valence-electron chi connectivity index (χ0n) is 8.49. The van der Waals surface area contributed by atoms with Gasteiger partial charge in [-0.2, -0.15) is 5.26 Å². The summed E-state index contributed by atoms with van der Waals surface area (Å²) in [6, 6.07) is 9.84. The summed E-state index contributed by atoms with van der Waals surface area (Å²) in [4.78, 5) is 0. The van der Waals surface area contributed by atoms with Crippen molar-refractivity contribution >= 4 is 6.21 Å². The first-order valence-electron chi connectivity index (χ1n) is 4.97. The molecule has 1 aromatic carbocycles. The maximum Gasteiger partial charge on any atom is 0.170 e. The van der Waals surface area contributed by atoms with Crippen molar-refractivity contribution in [3.63, 3.8) is 0 Å². The molecule has 0 unspecified atom stereocenters. The summed E-state index contributed by atoms with van der Waals surface area (Å²) in [5, 5.41) is 8.64. The summed E-state index contributed by atoms with van der Waals surface area (Å²) in [6.07, 6.45) is 4.77. The second-order valence-electron chi connectivity index (χ2n) is 3.61. The van der Waals surface area contributed by atoms with Gasteiger partial charge in [0.25, 0.3) is 0 Å². The van der Waals surface area contributed by atoms with Crippen molar-refractivity contribution in [1.82, 2.24) is 0 Å². The fourth-order valence-electron chi connectivity index (χ4n) is 1.73. The van der Waals surface area contributed by atoms with Crippen molar-refractivity contribution in [3.05, 3.63) is 35.4 Å². The van der Waals surface area contributed by atoms with E-state index in [9.17, 15) is 0 Å². The molecule has 0 N–H and O–H groups in total. The minimum Gasteiger partial charge on any atom is -1.00 e. The van der Waals surface area contributed by atoms with E-state index in [0.29, 0.717) is 0 Å². The van der Waals surface area contributed by atoms with Crippen LogP contribution in [0, 0.1) is 11.3 Å². The second-order valence-corrected chi connectivity index (χ2v) is 3.61. The Kier molecular flexibility index (Phi) is 4.33. The first kappa shape index (κ1) is 11.7. The number of halogens is 1. The van der Waals surface area contributed by atoms with Crippen LogP contribution in [0.4, 0.5) is 0 Å². The average molecular weight is 221 g/mol. The van der Waals surface area contributed by atoms with Gasteiger partial charge < -0.3 is 12.4 Å². The van der Waals surface area contributed by atoms with Crippen molar-refractivity contribution in [3.8, 4) is 6.07 Å². The van der Waals surface area contributed by atoms with Gasteiger partial charge in [-0.3, -0.25) is 0 Å². The van der Waals surface area contributed by atoms with Gasteiger partial charge in [-0.05, 0) is 24.3 Å². The summed E-state index contributed by atoms with van der Waals surface area (Å²) in [5.74, 6) is 0. The van der Waals surface area contributed by atoms with Gasteiger partial charge in [0.05, 0.1) is 11.6 Å². The van der Waals surface area contributed by atoms with Crippen LogP contribution in [-0.2, 0) is 0 Å². The molecule has 0 saturated carbocycles. The lowest BCUT2D eigenvalue weighted by molar-refractivity contribution is -0.500. The van der Waals surface area contributed by atoms with E-state index in [4.69, 9.17) is 5.26 Å². The van der Waals surface area contributed by atoms with Crippen LogP contribution in [0.15, 0.2) is 24.3 Å². The number of nitriles is 1. The van der Waals surface area contributed by atoms with Crippen LogP contribution in [0.5, 0.6) is 0 Å². The quantitative estimate of drug-likeness (QED) is 0.546. The van der Waals surface area contributed by atoms with Crippen molar-refractivity contribution < 1.29 is 17.0 Å². The summed E-state index contributed by atoms with van der Waals surface area (Å²) >= 11 is 0. The van der Waals surface area contributed by atoms with Crippen LogP contribution in [0.3, 0.4) is 0 Å². The highest BCUT2D eigenvalue weighted by atomic mass is 35.5. The molecule has 15 heavy (non-hydrogen) atoms. The fourth-order valence-corrected chi connectivity index (χ4v) is 1.73. The molecule has 0 bridgehead atoms. The summed E-state index contributed by atoms with van der Waals surface area (Å²) in [7, 11) is 0. The maximum absolute atomic E-state index is 8.64. The van der Waals surface area contributed by atoms with Crippen molar-refractivity contribution in [2.75, 3.05) is 13.1 Å².